The molecule has 1 aliphatic rings. The van der Waals surface area contributed by atoms with E-state index in [0.717, 1.165) is 37.3 Å². The maximum absolute atomic E-state index is 11.6. The van der Waals surface area contributed by atoms with Crippen LogP contribution in [-0.4, -0.2) is 36.0 Å². The molecule has 0 aromatic heterocycles. The summed E-state index contributed by atoms with van der Waals surface area (Å²) in [6.45, 7) is 5.59. The molecule has 2 aromatic carbocycles. The molecule has 0 saturated carbocycles. The van der Waals surface area contributed by atoms with Crippen LogP contribution in [-0.2, 0) is 5.54 Å². The number of piperazine rings is 1. The highest BCUT2D eigenvalue weighted by Crippen LogP contribution is 2.40. The van der Waals surface area contributed by atoms with Gasteiger partial charge < -0.3 is 5.32 Å². The van der Waals surface area contributed by atoms with Gasteiger partial charge in [-0.1, -0.05) is 42.5 Å². The average molecular weight is 311 g/mol. The fourth-order valence-corrected chi connectivity index (χ4v) is 3.43. The van der Waals surface area contributed by atoms with Gasteiger partial charge in [0, 0.05) is 32.2 Å². The molecule has 120 valence electrons. The van der Waals surface area contributed by atoms with Crippen molar-refractivity contribution in [2.45, 2.75) is 12.5 Å². The highest BCUT2D eigenvalue weighted by atomic mass is 16.6. The highest BCUT2D eigenvalue weighted by Gasteiger charge is 2.40. The molecule has 2 aromatic rings. The van der Waals surface area contributed by atoms with Crippen LogP contribution in [0.15, 0.2) is 54.6 Å². The summed E-state index contributed by atoms with van der Waals surface area (Å²) in [6, 6.07) is 17.1. The van der Waals surface area contributed by atoms with Crippen molar-refractivity contribution in [3.63, 3.8) is 0 Å². The molecule has 0 aliphatic carbocycles. The first-order valence-electron chi connectivity index (χ1n) is 7.89. The van der Waals surface area contributed by atoms with Crippen LogP contribution in [0.5, 0.6) is 0 Å². The van der Waals surface area contributed by atoms with Gasteiger partial charge in [0.15, 0.2) is 0 Å². The van der Waals surface area contributed by atoms with Crippen LogP contribution in [0, 0.1) is 10.1 Å². The van der Waals surface area contributed by atoms with E-state index in [-0.39, 0.29) is 10.6 Å². The lowest BCUT2D eigenvalue weighted by Gasteiger charge is -2.44. The molecule has 3 rings (SSSR count). The van der Waals surface area contributed by atoms with Gasteiger partial charge in [-0.3, -0.25) is 15.0 Å². The van der Waals surface area contributed by atoms with Gasteiger partial charge in [-0.05, 0) is 18.6 Å². The van der Waals surface area contributed by atoms with Gasteiger partial charge in [0.05, 0.1) is 16.0 Å². The highest BCUT2D eigenvalue weighted by molar-refractivity contribution is 5.50. The zero-order chi connectivity index (χ0) is 16.3. The lowest BCUT2D eigenvalue weighted by molar-refractivity contribution is -0.386. The third kappa shape index (κ3) is 2.85. The summed E-state index contributed by atoms with van der Waals surface area (Å²) in [6.07, 6.45) is 0. The molecule has 1 saturated heterocycles. The molecule has 1 aliphatic heterocycles. The van der Waals surface area contributed by atoms with E-state index in [1.807, 2.05) is 30.3 Å². The minimum atomic E-state index is -0.521. The minimum Gasteiger partial charge on any atom is -0.314 e. The number of hydrogen-bond donors (Lipinski definition) is 1. The van der Waals surface area contributed by atoms with Crippen molar-refractivity contribution in [2.75, 3.05) is 26.2 Å². The van der Waals surface area contributed by atoms with Crippen LogP contribution in [0.25, 0.3) is 0 Å². The smallest absolute Gasteiger partial charge is 0.274 e. The predicted molar refractivity (Wildman–Crippen MR) is 90.4 cm³/mol. The van der Waals surface area contributed by atoms with Crippen molar-refractivity contribution < 1.29 is 4.92 Å². The fourth-order valence-electron chi connectivity index (χ4n) is 3.43. The number of benzene rings is 2. The van der Waals surface area contributed by atoms with E-state index in [1.165, 1.54) is 0 Å². The zero-order valence-electron chi connectivity index (χ0n) is 13.2. The first-order chi connectivity index (χ1) is 11.1. The van der Waals surface area contributed by atoms with Gasteiger partial charge in [0.25, 0.3) is 5.69 Å². The van der Waals surface area contributed by atoms with Crippen molar-refractivity contribution in [3.05, 3.63) is 75.8 Å². The van der Waals surface area contributed by atoms with Crippen LogP contribution in [0.2, 0.25) is 0 Å². The molecule has 1 heterocycles. The Bertz CT molecular complexity index is 684. The van der Waals surface area contributed by atoms with E-state index in [2.05, 4.69) is 29.3 Å². The number of nitro groups is 1. The van der Waals surface area contributed by atoms with Crippen molar-refractivity contribution in [2.24, 2.45) is 0 Å². The normalized spacial score (nSPS) is 18.3. The third-order valence-electron chi connectivity index (χ3n) is 4.71. The third-order valence-corrected chi connectivity index (χ3v) is 4.71. The Morgan fingerprint density at radius 1 is 1.04 bits per heavy atom. The van der Waals surface area contributed by atoms with E-state index in [4.69, 9.17) is 0 Å². The van der Waals surface area contributed by atoms with Gasteiger partial charge >= 0.3 is 0 Å². The van der Waals surface area contributed by atoms with E-state index in [0.29, 0.717) is 0 Å². The Kier molecular flexibility index (Phi) is 4.41. The molecule has 0 bridgehead atoms. The standard InChI is InChI=1S/C18H21N3O2/c1-18(15-7-3-2-4-8-15,20-13-11-19-12-14-20)16-9-5-6-10-17(16)21(22)23/h2-10,19H,11-14H2,1H3. The second-order valence-electron chi connectivity index (χ2n) is 5.95. The van der Waals surface area contributed by atoms with E-state index in [9.17, 15) is 10.1 Å². The molecule has 23 heavy (non-hydrogen) atoms. The molecule has 5 heteroatoms. The number of nitrogens with zero attached hydrogens (tertiary/aromatic N) is 2. The summed E-state index contributed by atoms with van der Waals surface area (Å²) in [5, 5.41) is 14.9. The molecule has 1 N–H and O–H groups in total. The summed E-state index contributed by atoms with van der Waals surface area (Å²) < 4.78 is 0. The van der Waals surface area contributed by atoms with Crippen molar-refractivity contribution >= 4 is 5.69 Å². The molecular formula is C18H21N3O2. The van der Waals surface area contributed by atoms with Gasteiger partial charge in [-0.25, -0.2) is 0 Å². The first kappa shape index (κ1) is 15.6. The maximum atomic E-state index is 11.6. The van der Waals surface area contributed by atoms with Crippen molar-refractivity contribution in [1.82, 2.24) is 10.2 Å². The van der Waals surface area contributed by atoms with Crippen molar-refractivity contribution in [3.8, 4) is 0 Å². The topological polar surface area (TPSA) is 58.4 Å². The molecule has 0 spiro atoms. The van der Waals surface area contributed by atoms with E-state index < -0.39 is 5.54 Å². The minimum absolute atomic E-state index is 0.178. The second-order valence-corrected chi connectivity index (χ2v) is 5.95. The molecule has 1 unspecified atom stereocenters. The molecule has 0 amide bonds. The Morgan fingerprint density at radius 2 is 1.65 bits per heavy atom. The average Bonchev–Trinajstić information content (AvgIpc) is 2.62. The quantitative estimate of drug-likeness (QED) is 0.697. The van der Waals surface area contributed by atoms with E-state index in [1.54, 1.807) is 12.1 Å². The Hall–Kier alpha value is -2.24. The van der Waals surface area contributed by atoms with Gasteiger partial charge in [-0.2, -0.15) is 0 Å². The Balaban J connectivity index is 2.18. The molecule has 5 nitrogen and oxygen atoms in total. The molecule has 0 radical (unpaired) electrons. The zero-order valence-corrected chi connectivity index (χ0v) is 13.2. The second kappa shape index (κ2) is 6.48. The van der Waals surface area contributed by atoms with Crippen LogP contribution >= 0.6 is 0 Å². The monoisotopic (exact) mass is 311 g/mol. The largest absolute Gasteiger partial charge is 0.314 e. The van der Waals surface area contributed by atoms with E-state index >= 15 is 0 Å². The number of hydrogen-bond acceptors (Lipinski definition) is 4. The van der Waals surface area contributed by atoms with Crippen LogP contribution in [0.4, 0.5) is 5.69 Å². The summed E-state index contributed by atoms with van der Waals surface area (Å²) in [5.74, 6) is 0. The fraction of sp³-hybridized carbons (Fsp3) is 0.333. The SMILES string of the molecule is CC(c1ccccc1)(c1ccccc1[N+](=O)[O-])N1CCNCC1. The van der Waals surface area contributed by atoms with Gasteiger partial charge in [-0.15, -0.1) is 0 Å². The van der Waals surface area contributed by atoms with Gasteiger partial charge in [0.1, 0.15) is 0 Å². The molecule has 1 atom stereocenters. The Morgan fingerprint density at radius 3 is 2.30 bits per heavy atom. The maximum Gasteiger partial charge on any atom is 0.274 e. The molecular weight excluding hydrogens is 290 g/mol. The number of para-hydroxylation sites is 1. The predicted octanol–water partition coefficient (Wildman–Crippen LogP) is 2.76. The summed E-state index contributed by atoms with van der Waals surface area (Å²) >= 11 is 0. The summed E-state index contributed by atoms with van der Waals surface area (Å²) in [7, 11) is 0. The first-order valence-corrected chi connectivity index (χ1v) is 7.89. The van der Waals surface area contributed by atoms with Crippen LogP contribution < -0.4 is 5.32 Å². The number of rotatable bonds is 4. The van der Waals surface area contributed by atoms with Gasteiger partial charge in [0.2, 0.25) is 0 Å². The number of nitro benzene ring substituents is 1. The molecule has 1 fully saturated rings. The number of nitrogens with one attached hydrogen (secondary N) is 1. The van der Waals surface area contributed by atoms with Crippen LogP contribution in [0.3, 0.4) is 0 Å². The van der Waals surface area contributed by atoms with Crippen molar-refractivity contribution in [1.29, 1.82) is 0 Å². The lowest BCUT2D eigenvalue weighted by atomic mass is 9.81. The summed E-state index contributed by atoms with van der Waals surface area (Å²) in [4.78, 5) is 13.6. The van der Waals surface area contributed by atoms with Crippen LogP contribution in [0.1, 0.15) is 18.1 Å². The Labute approximate surface area is 136 Å². The summed E-state index contributed by atoms with van der Waals surface area (Å²) in [5.41, 5.74) is 1.49. The lowest BCUT2D eigenvalue weighted by Crippen LogP contribution is -2.53.